The minimum atomic E-state index is -0.436. The van der Waals surface area contributed by atoms with Crippen molar-refractivity contribution in [1.29, 1.82) is 0 Å². The van der Waals surface area contributed by atoms with Crippen LogP contribution in [0.2, 0.25) is 0 Å². The minimum Gasteiger partial charge on any atom is -0.464 e. The van der Waals surface area contributed by atoms with Gasteiger partial charge in [0, 0.05) is 12.6 Å². The molecule has 0 N–H and O–H groups in total. The SMILES string of the molecule is CCN(c1cncc(C(=O)OC)n1)C1CCCCC1. The maximum atomic E-state index is 11.5. The summed E-state index contributed by atoms with van der Waals surface area (Å²) in [7, 11) is 1.36. The van der Waals surface area contributed by atoms with E-state index in [1.807, 2.05) is 0 Å². The second-order valence-electron chi connectivity index (χ2n) is 4.83. The van der Waals surface area contributed by atoms with Gasteiger partial charge in [-0.1, -0.05) is 19.3 Å². The highest BCUT2D eigenvalue weighted by Crippen LogP contribution is 2.25. The van der Waals surface area contributed by atoms with Gasteiger partial charge in [0.1, 0.15) is 5.82 Å². The Morgan fingerprint density at radius 3 is 2.74 bits per heavy atom. The van der Waals surface area contributed by atoms with Crippen LogP contribution in [0.25, 0.3) is 0 Å². The molecule has 0 unspecified atom stereocenters. The number of rotatable bonds is 4. The molecule has 1 fully saturated rings. The van der Waals surface area contributed by atoms with Crippen LogP contribution in [0.1, 0.15) is 49.5 Å². The van der Waals surface area contributed by atoms with Crippen LogP contribution < -0.4 is 4.90 Å². The summed E-state index contributed by atoms with van der Waals surface area (Å²) in [6.45, 7) is 2.99. The number of carbonyl (C=O) groups is 1. The van der Waals surface area contributed by atoms with Gasteiger partial charge in [-0.3, -0.25) is 4.98 Å². The number of ether oxygens (including phenoxy) is 1. The van der Waals surface area contributed by atoms with Crippen LogP contribution in [-0.2, 0) is 4.74 Å². The van der Waals surface area contributed by atoms with Gasteiger partial charge >= 0.3 is 5.97 Å². The third-order valence-corrected chi connectivity index (χ3v) is 3.67. The van der Waals surface area contributed by atoms with Crippen LogP contribution in [0.15, 0.2) is 12.4 Å². The molecule has 104 valence electrons. The lowest BCUT2D eigenvalue weighted by Crippen LogP contribution is -2.37. The number of hydrogen-bond donors (Lipinski definition) is 0. The second kappa shape index (κ2) is 6.50. The molecule has 0 saturated heterocycles. The Kier molecular flexibility index (Phi) is 4.71. The second-order valence-corrected chi connectivity index (χ2v) is 4.83. The summed E-state index contributed by atoms with van der Waals surface area (Å²) in [5.41, 5.74) is 0.272. The molecule has 1 aliphatic carbocycles. The normalized spacial score (nSPS) is 16.1. The molecule has 1 saturated carbocycles. The molecule has 0 amide bonds. The van der Waals surface area contributed by atoms with Crippen LogP contribution in [0.3, 0.4) is 0 Å². The van der Waals surface area contributed by atoms with Gasteiger partial charge in [0.2, 0.25) is 0 Å². The van der Waals surface area contributed by atoms with E-state index in [0.717, 1.165) is 12.4 Å². The number of nitrogens with zero attached hydrogens (tertiary/aromatic N) is 3. The van der Waals surface area contributed by atoms with Crippen molar-refractivity contribution in [3.63, 3.8) is 0 Å². The minimum absolute atomic E-state index is 0.272. The Hall–Kier alpha value is -1.65. The van der Waals surface area contributed by atoms with Gasteiger partial charge in [-0.2, -0.15) is 0 Å². The van der Waals surface area contributed by atoms with Gasteiger partial charge in [0.05, 0.1) is 19.5 Å². The Morgan fingerprint density at radius 2 is 2.11 bits per heavy atom. The van der Waals surface area contributed by atoms with E-state index in [1.165, 1.54) is 45.4 Å². The Labute approximate surface area is 114 Å². The smallest absolute Gasteiger partial charge is 0.358 e. The fourth-order valence-corrected chi connectivity index (χ4v) is 2.70. The molecule has 2 rings (SSSR count). The van der Waals surface area contributed by atoms with E-state index in [2.05, 4.69) is 21.8 Å². The van der Waals surface area contributed by atoms with Crippen molar-refractivity contribution in [2.45, 2.75) is 45.1 Å². The lowest BCUT2D eigenvalue weighted by atomic mass is 9.94. The van der Waals surface area contributed by atoms with E-state index < -0.39 is 5.97 Å². The van der Waals surface area contributed by atoms with Crippen molar-refractivity contribution in [2.24, 2.45) is 0 Å². The van der Waals surface area contributed by atoms with Gasteiger partial charge in [0.25, 0.3) is 0 Å². The zero-order chi connectivity index (χ0) is 13.7. The van der Waals surface area contributed by atoms with E-state index in [9.17, 15) is 4.79 Å². The molecule has 19 heavy (non-hydrogen) atoms. The van der Waals surface area contributed by atoms with Crippen LogP contribution in [0.5, 0.6) is 0 Å². The highest BCUT2D eigenvalue weighted by molar-refractivity contribution is 5.87. The standard InChI is InChI=1S/C14H21N3O2/c1-3-17(11-7-5-4-6-8-11)13-10-15-9-12(16-13)14(18)19-2/h9-11H,3-8H2,1-2H3. The Bertz CT molecular complexity index is 430. The van der Waals surface area contributed by atoms with Crippen molar-refractivity contribution >= 4 is 11.8 Å². The molecule has 1 aromatic rings. The Morgan fingerprint density at radius 1 is 1.37 bits per heavy atom. The molecule has 0 aromatic carbocycles. The molecule has 0 aliphatic heterocycles. The number of methoxy groups -OCH3 is 1. The third kappa shape index (κ3) is 3.22. The predicted octanol–water partition coefficient (Wildman–Crippen LogP) is 2.42. The summed E-state index contributed by atoms with van der Waals surface area (Å²) in [6.07, 6.45) is 9.42. The molecular formula is C14H21N3O2. The maximum Gasteiger partial charge on any atom is 0.358 e. The first-order chi connectivity index (χ1) is 9.26. The first kappa shape index (κ1) is 13.8. The fourth-order valence-electron chi connectivity index (χ4n) is 2.70. The van der Waals surface area contributed by atoms with Crippen LogP contribution in [0, 0.1) is 0 Å². The van der Waals surface area contributed by atoms with Crippen molar-refractivity contribution < 1.29 is 9.53 Å². The molecule has 1 heterocycles. The largest absolute Gasteiger partial charge is 0.464 e. The van der Waals surface area contributed by atoms with Gasteiger partial charge in [0.15, 0.2) is 5.69 Å². The van der Waals surface area contributed by atoms with Gasteiger partial charge < -0.3 is 9.64 Å². The maximum absolute atomic E-state index is 11.5. The zero-order valence-electron chi connectivity index (χ0n) is 11.6. The van der Waals surface area contributed by atoms with Gasteiger partial charge in [-0.15, -0.1) is 0 Å². The number of carbonyl (C=O) groups excluding carboxylic acids is 1. The first-order valence-corrected chi connectivity index (χ1v) is 6.93. The van der Waals surface area contributed by atoms with Gasteiger partial charge in [-0.05, 0) is 19.8 Å². The quantitative estimate of drug-likeness (QED) is 0.781. The van der Waals surface area contributed by atoms with E-state index in [-0.39, 0.29) is 5.69 Å². The van der Waals surface area contributed by atoms with Crippen molar-refractivity contribution in [3.8, 4) is 0 Å². The molecule has 0 radical (unpaired) electrons. The highest BCUT2D eigenvalue weighted by atomic mass is 16.5. The summed E-state index contributed by atoms with van der Waals surface area (Å²) in [6, 6.07) is 0.515. The van der Waals surface area contributed by atoms with Crippen molar-refractivity contribution in [3.05, 3.63) is 18.1 Å². The van der Waals surface area contributed by atoms with E-state index in [0.29, 0.717) is 6.04 Å². The summed E-state index contributed by atoms with van der Waals surface area (Å²) in [5.74, 6) is 0.339. The molecule has 5 heteroatoms. The van der Waals surface area contributed by atoms with Crippen LogP contribution in [0.4, 0.5) is 5.82 Å². The lowest BCUT2D eigenvalue weighted by molar-refractivity contribution is 0.0593. The average Bonchev–Trinajstić information content (AvgIpc) is 2.48. The van der Waals surface area contributed by atoms with E-state index in [1.54, 1.807) is 6.20 Å². The number of anilines is 1. The Balaban J connectivity index is 2.19. The third-order valence-electron chi connectivity index (χ3n) is 3.67. The highest BCUT2D eigenvalue weighted by Gasteiger charge is 2.22. The first-order valence-electron chi connectivity index (χ1n) is 6.93. The molecule has 0 atom stereocenters. The summed E-state index contributed by atoms with van der Waals surface area (Å²) >= 11 is 0. The monoisotopic (exact) mass is 263 g/mol. The molecule has 0 bridgehead atoms. The van der Waals surface area contributed by atoms with E-state index >= 15 is 0 Å². The number of esters is 1. The topological polar surface area (TPSA) is 55.3 Å². The number of hydrogen-bond acceptors (Lipinski definition) is 5. The van der Waals surface area contributed by atoms with Crippen LogP contribution in [-0.4, -0.2) is 35.6 Å². The van der Waals surface area contributed by atoms with Gasteiger partial charge in [-0.25, -0.2) is 9.78 Å². The molecule has 0 spiro atoms. The summed E-state index contributed by atoms with van der Waals surface area (Å²) in [5, 5.41) is 0. The zero-order valence-corrected chi connectivity index (χ0v) is 11.6. The number of aromatic nitrogens is 2. The molecule has 5 nitrogen and oxygen atoms in total. The predicted molar refractivity (Wildman–Crippen MR) is 73.3 cm³/mol. The van der Waals surface area contributed by atoms with Crippen molar-refractivity contribution in [2.75, 3.05) is 18.6 Å². The molecule has 1 aromatic heterocycles. The summed E-state index contributed by atoms with van der Waals surface area (Å²) in [4.78, 5) is 22.2. The van der Waals surface area contributed by atoms with Crippen molar-refractivity contribution in [1.82, 2.24) is 9.97 Å². The summed E-state index contributed by atoms with van der Waals surface area (Å²) < 4.78 is 4.69. The average molecular weight is 263 g/mol. The molecular weight excluding hydrogens is 242 g/mol. The molecule has 1 aliphatic rings. The van der Waals surface area contributed by atoms with Crippen LogP contribution >= 0.6 is 0 Å². The fraction of sp³-hybridized carbons (Fsp3) is 0.643. The lowest BCUT2D eigenvalue weighted by Gasteiger charge is -2.34. The van der Waals surface area contributed by atoms with E-state index in [4.69, 9.17) is 4.74 Å².